The van der Waals surface area contributed by atoms with Crippen molar-refractivity contribution in [3.63, 3.8) is 0 Å². The second-order valence-electron chi connectivity index (χ2n) is 5.23. The van der Waals surface area contributed by atoms with Crippen molar-refractivity contribution in [2.75, 3.05) is 0 Å². The molecule has 1 fully saturated rings. The van der Waals surface area contributed by atoms with Crippen LogP contribution in [0.1, 0.15) is 17.0 Å². The van der Waals surface area contributed by atoms with Crippen LogP contribution in [0.15, 0.2) is 54.6 Å². The molecule has 23 heavy (non-hydrogen) atoms. The van der Waals surface area contributed by atoms with E-state index in [1.54, 1.807) is 24.3 Å². The van der Waals surface area contributed by atoms with Gasteiger partial charge in [-0.25, -0.2) is 9.18 Å². The SMILES string of the molecule is O=C1NC(=O)C([C@H](c2ccccc2)c2ccc(F)cc2)C(=O)N1. The smallest absolute Gasteiger partial charge is 0.277 e. The van der Waals surface area contributed by atoms with Gasteiger partial charge in [0.25, 0.3) is 0 Å². The van der Waals surface area contributed by atoms with E-state index in [1.165, 1.54) is 24.3 Å². The van der Waals surface area contributed by atoms with Gasteiger partial charge in [-0.1, -0.05) is 42.5 Å². The number of imide groups is 2. The first-order valence-electron chi connectivity index (χ1n) is 7.02. The van der Waals surface area contributed by atoms with Gasteiger partial charge in [-0.2, -0.15) is 0 Å². The molecular formula is C17H13FN2O3. The van der Waals surface area contributed by atoms with Crippen molar-refractivity contribution in [2.24, 2.45) is 5.92 Å². The molecule has 1 atom stereocenters. The molecule has 3 rings (SSSR count). The van der Waals surface area contributed by atoms with Crippen LogP contribution in [0.5, 0.6) is 0 Å². The van der Waals surface area contributed by atoms with Crippen LogP contribution in [0.25, 0.3) is 0 Å². The van der Waals surface area contributed by atoms with Crippen LogP contribution in [-0.4, -0.2) is 17.8 Å². The molecule has 1 aliphatic heterocycles. The summed E-state index contributed by atoms with van der Waals surface area (Å²) in [7, 11) is 0. The first-order chi connectivity index (χ1) is 11.1. The Kier molecular flexibility index (Phi) is 3.89. The standard InChI is InChI=1S/C17H13FN2O3/c18-12-8-6-11(7-9-12)13(10-4-2-1-3-5-10)14-15(21)19-17(23)20-16(14)22/h1-9,13-14H,(H2,19,20,21,22,23)/t13-/m1/s1. The van der Waals surface area contributed by atoms with Crippen molar-refractivity contribution < 1.29 is 18.8 Å². The average molecular weight is 312 g/mol. The van der Waals surface area contributed by atoms with E-state index in [0.29, 0.717) is 5.56 Å². The van der Waals surface area contributed by atoms with Crippen LogP contribution in [0.2, 0.25) is 0 Å². The van der Waals surface area contributed by atoms with E-state index in [0.717, 1.165) is 5.56 Å². The summed E-state index contributed by atoms with van der Waals surface area (Å²) in [6, 6.07) is 13.7. The monoisotopic (exact) mass is 312 g/mol. The van der Waals surface area contributed by atoms with Crippen molar-refractivity contribution in [3.05, 3.63) is 71.5 Å². The topological polar surface area (TPSA) is 75.3 Å². The highest BCUT2D eigenvalue weighted by atomic mass is 19.1. The lowest BCUT2D eigenvalue weighted by molar-refractivity contribution is -0.136. The zero-order valence-corrected chi connectivity index (χ0v) is 12.0. The minimum absolute atomic E-state index is 0.409. The third kappa shape index (κ3) is 2.96. The summed E-state index contributed by atoms with van der Waals surface area (Å²) in [5, 5.41) is 4.21. The van der Waals surface area contributed by atoms with Crippen molar-refractivity contribution >= 4 is 17.8 Å². The molecule has 4 amide bonds. The number of amides is 4. The number of hydrogen-bond acceptors (Lipinski definition) is 3. The predicted octanol–water partition coefficient (Wildman–Crippen LogP) is 1.94. The van der Waals surface area contributed by atoms with Gasteiger partial charge < -0.3 is 0 Å². The minimum Gasteiger partial charge on any atom is -0.277 e. The van der Waals surface area contributed by atoms with Crippen LogP contribution < -0.4 is 10.6 Å². The molecular weight excluding hydrogens is 299 g/mol. The van der Waals surface area contributed by atoms with Gasteiger partial charge >= 0.3 is 6.03 Å². The van der Waals surface area contributed by atoms with Crippen molar-refractivity contribution in [2.45, 2.75) is 5.92 Å². The normalized spacial score (nSPS) is 16.7. The first-order valence-corrected chi connectivity index (χ1v) is 7.02. The Morgan fingerprint density at radius 3 is 1.87 bits per heavy atom. The van der Waals surface area contributed by atoms with Crippen LogP contribution >= 0.6 is 0 Å². The number of hydrogen-bond donors (Lipinski definition) is 2. The molecule has 2 aromatic carbocycles. The lowest BCUT2D eigenvalue weighted by Gasteiger charge is -2.28. The fourth-order valence-corrected chi connectivity index (χ4v) is 2.74. The number of benzene rings is 2. The second kappa shape index (κ2) is 6.00. The molecule has 0 radical (unpaired) electrons. The number of halogens is 1. The molecule has 6 heteroatoms. The highest BCUT2D eigenvalue weighted by Crippen LogP contribution is 2.33. The van der Waals surface area contributed by atoms with E-state index in [-0.39, 0.29) is 0 Å². The Hall–Kier alpha value is -3.02. The molecule has 2 aromatic rings. The Morgan fingerprint density at radius 1 is 0.783 bits per heavy atom. The Balaban J connectivity index is 2.08. The predicted molar refractivity (Wildman–Crippen MR) is 79.9 cm³/mol. The van der Waals surface area contributed by atoms with Gasteiger partial charge in [0.1, 0.15) is 11.7 Å². The van der Waals surface area contributed by atoms with E-state index in [1.807, 2.05) is 6.07 Å². The summed E-state index contributed by atoms with van der Waals surface area (Å²) in [6.07, 6.45) is 0. The van der Waals surface area contributed by atoms with Crippen molar-refractivity contribution in [1.82, 2.24) is 10.6 Å². The third-order valence-corrected chi connectivity index (χ3v) is 3.76. The molecule has 0 unspecified atom stereocenters. The fraction of sp³-hybridized carbons (Fsp3) is 0.118. The maximum Gasteiger partial charge on any atom is 0.328 e. The lowest BCUT2D eigenvalue weighted by atomic mass is 9.79. The quantitative estimate of drug-likeness (QED) is 0.851. The van der Waals surface area contributed by atoms with E-state index >= 15 is 0 Å². The molecule has 0 saturated carbocycles. The summed E-state index contributed by atoms with van der Waals surface area (Å²) in [5.41, 5.74) is 1.34. The zero-order valence-electron chi connectivity index (χ0n) is 12.0. The van der Waals surface area contributed by atoms with Gasteiger partial charge in [-0.3, -0.25) is 20.2 Å². The van der Waals surface area contributed by atoms with Crippen molar-refractivity contribution in [1.29, 1.82) is 0 Å². The molecule has 2 N–H and O–H groups in total. The van der Waals surface area contributed by atoms with Crippen LogP contribution in [-0.2, 0) is 9.59 Å². The zero-order chi connectivity index (χ0) is 16.4. The molecule has 1 aliphatic rings. The summed E-state index contributed by atoms with van der Waals surface area (Å²) < 4.78 is 13.2. The highest BCUT2D eigenvalue weighted by molar-refractivity contribution is 6.16. The summed E-state index contributed by atoms with van der Waals surface area (Å²) >= 11 is 0. The van der Waals surface area contributed by atoms with Gasteiger partial charge in [-0.05, 0) is 23.3 Å². The minimum atomic E-state index is -1.11. The molecule has 116 valence electrons. The maximum atomic E-state index is 13.2. The Labute approximate surface area is 131 Å². The van der Waals surface area contributed by atoms with Gasteiger partial charge in [0.05, 0.1) is 0 Å². The summed E-state index contributed by atoms with van der Waals surface area (Å²) in [5.74, 6) is -3.48. The molecule has 0 spiro atoms. The van der Waals surface area contributed by atoms with Crippen LogP contribution in [0, 0.1) is 11.7 Å². The second-order valence-corrected chi connectivity index (χ2v) is 5.23. The third-order valence-electron chi connectivity index (χ3n) is 3.76. The van der Waals surface area contributed by atoms with E-state index in [2.05, 4.69) is 10.6 Å². The Bertz CT molecular complexity index is 739. The number of nitrogens with one attached hydrogen (secondary N) is 2. The molecule has 0 aliphatic carbocycles. The number of carbonyl (C=O) groups excluding carboxylic acids is 3. The molecule has 5 nitrogen and oxygen atoms in total. The summed E-state index contributed by atoms with van der Waals surface area (Å²) in [6.45, 7) is 0. The van der Waals surface area contributed by atoms with E-state index < -0.39 is 35.5 Å². The molecule has 1 saturated heterocycles. The summed E-state index contributed by atoms with van der Waals surface area (Å²) in [4.78, 5) is 35.7. The fourth-order valence-electron chi connectivity index (χ4n) is 2.74. The largest absolute Gasteiger partial charge is 0.328 e. The van der Waals surface area contributed by atoms with Crippen molar-refractivity contribution in [3.8, 4) is 0 Å². The molecule has 0 aromatic heterocycles. The van der Waals surface area contributed by atoms with Gasteiger partial charge in [0.15, 0.2) is 0 Å². The highest BCUT2D eigenvalue weighted by Gasteiger charge is 2.41. The van der Waals surface area contributed by atoms with E-state index in [9.17, 15) is 18.8 Å². The molecule has 0 bridgehead atoms. The molecule has 1 heterocycles. The van der Waals surface area contributed by atoms with Gasteiger partial charge in [0, 0.05) is 5.92 Å². The van der Waals surface area contributed by atoms with Gasteiger partial charge in [0.2, 0.25) is 11.8 Å². The van der Waals surface area contributed by atoms with Crippen LogP contribution in [0.3, 0.4) is 0 Å². The number of carbonyl (C=O) groups is 3. The van der Waals surface area contributed by atoms with Crippen LogP contribution in [0.4, 0.5) is 9.18 Å². The average Bonchev–Trinajstić information content (AvgIpc) is 2.53. The maximum absolute atomic E-state index is 13.2. The Morgan fingerprint density at radius 2 is 1.30 bits per heavy atom. The van der Waals surface area contributed by atoms with E-state index in [4.69, 9.17) is 0 Å². The number of rotatable bonds is 3. The first kappa shape index (κ1) is 14.9. The van der Waals surface area contributed by atoms with Gasteiger partial charge in [-0.15, -0.1) is 0 Å². The number of urea groups is 1. The lowest BCUT2D eigenvalue weighted by Crippen LogP contribution is -2.57. The number of barbiturate groups is 1.